The first-order valence-electron chi connectivity index (χ1n) is 5.49. The Labute approximate surface area is 103 Å². The lowest BCUT2D eigenvalue weighted by Crippen LogP contribution is -2.28. The Morgan fingerprint density at radius 3 is 2.50 bits per heavy atom. The normalized spacial score (nSPS) is 13.1. The van der Waals surface area contributed by atoms with Gasteiger partial charge in [0.25, 0.3) is 0 Å². The second-order valence-electron chi connectivity index (χ2n) is 4.23. The van der Waals surface area contributed by atoms with E-state index in [1.807, 2.05) is 0 Å². The van der Waals surface area contributed by atoms with Gasteiger partial charge in [-0.05, 0) is 19.5 Å². The fourth-order valence-corrected chi connectivity index (χ4v) is 2.00. The molecule has 90 valence electrons. The zero-order valence-corrected chi connectivity index (χ0v) is 11.0. The van der Waals surface area contributed by atoms with Gasteiger partial charge in [-0.1, -0.05) is 29.8 Å². The number of nitrogens with zero attached hydrogens (tertiary/aromatic N) is 1. The summed E-state index contributed by atoms with van der Waals surface area (Å²) in [4.78, 5) is 2.21. The van der Waals surface area contributed by atoms with Crippen LogP contribution in [0.1, 0.15) is 11.1 Å². The van der Waals surface area contributed by atoms with Crippen LogP contribution in [0.4, 0.5) is 0 Å². The van der Waals surface area contributed by atoms with Gasteiger partial charge in [0.2, 0.25) is 0 Å². The van der Waals surface area contributed by atoms with Gasteiger partial charge >= 0.3 is 0 Å². The molecule has 0 aliphatic rings. The Balaban J connectivity index is 2.39. The summed E-state index contributed by atoms with van der Waals surface area (Å²) in [5, 5.41) is 0.0560. The molecule has 0 saturated carbocycles. The van der Waals surface area contributed by atoms with E-state index in [-0.39, 0.29) is 5.38 Å². The summed E-state index contributed by atoms with van der Waals surface area (Å²) >= 11 is 6.10. The van der Waals surface area contributed by atoms with Gasteiger partial charge in [-0.15, -0.1) is 11.6 Å². The SMILES string of the molecule is COCC(Cl)CN(C)Cc1ccc(C)cc1. The van der Waals surface area contributed by atoms with Crippen molar-refractivity contribution in [3.8, 4) is 0 Å². The van der Waals surface area contributed by atoms with Crippen LogP contribution in [-0.2, 0) is 11.3 Å². The van der Waals surface area contributed by atoms with Gasteiger partial charge in [-0.25, -0.2) is 0 Å². The number of halogens is 1. The second kappa shape index (κ2) is 6.89. The minimum atomic E-state index is 0.0560. The van der Waals surface area contributed by atoms with Crippen molar-refractivity contribution in [2.45, 2.75) is 18.8 Å². The Kier molecular flexibility index (Phi) is 5.81. The maximum absolute atomic E-state index is 6.10. The molecule has 0 radical (unpaired) electrons. The molecule has 16 heavy (non-hydrogen) atoms. The van der Waals surface area contributed by atoms with Crippen molar-refractivity contribution in [3.05, 3.63) is 35.4 Å². The highest BCUT2D eigenvalue weighted by atomic mass is 35.5. The molecule has 1 aromatic rings. The molecule has 0 N–H and O–H groups in total. The number of methoxy groups -OCH3 is 1. The second-order valence-corrected chi connectivity index (χ2v) is 4.85. The van der Waals surface area contributed by atoms with E-state index in [1.165, 1.54) is 11.1 Å². The topological polar surface area (TPSA) is 12.5 Å². The Morgan fingerprint density at radius 1 is 1.31 bits per heavy atom. The Morgan fingerprint density at radius 2 is 1.94 bits per heavy atom. The number of hydrogen-bond donors (Lipinski definition) is 0. The maximum Gasteiger partial charge on any atom is 0.0696 e. The van der Waals surface area contributed by atoms with Crippen LogP contribution in [0.25, 0.3) is 0 Å². The van der Waals surface area contributed by atoms with Gasteiger partial charge in [-0.2, -0.15) is 0 Å². The van der Waals surface area contributed by atoms with E-state index in [4.69, 9.17) is 16.3 Å². The predicted octanol–water partition coefficient (Wildman–Crippen LogP) is 2.68. The lowest BCUT2D eigenvalue weighted by Gasteiger charge is -2.19. The average molecular weight is 242 g/mol. The summed E-state index contributed by atoms with van der Waals surface area (Å²) in [5.41, 5.74) is 2.61. The number of alkyl halides is 1. The number of aryl methyl sites for hydroxylation is 1. The Hall–Kier alpha value is -0.570. The summed E-state index contributed by atoms with van der Waals surface area (Å²) in [6.07, 6.45) is 0. The molecule has 0 bridgehead atoms. The van der Waals surface area contributed by atoms with Gasteiger partial charge < -0.3 is 9.64 Å². The molecule has 2 nitrogen and oxygen atoms in total. The van der Waals surface area contributed by atoms with Gasteiger partial charge in [0.05, 0.1) is 12.0 Å². The lowest BCUT2D eigenvalue weighted by molar-refractivity contribution is 0.181. The molecule has 0 aromatic heterocycles. The van der Waals surface area contributed by atoms with E-state index >= 15 is 0 Å². The van der Waals surface area contributed by atoms with Crippen LogP contribution in [0, 0.1) is 6.92 Å². The van der Waals surface area contributed by atoms with E-state index in [9.17, 15) is 0 Å². The maximum atomic E-state index is 6.10. The van der Waals surface area contributed by atoms with Crippen molar-refractivity contribution in [1.29, 1.82) is 0 Å². The molecular formula is C13H20ClNO. The smallest absolute Gasteiger partial charge is 0.0696 e. The van der Waals surface area contributed by atoms with Gasteiger partial charge in [0, 0.05) is 20.2 Å². The minimum Gasteiger partial charge on any atom is -0.383 e. The monoisotopic (exact) mass is 241 g/mol. The highest BCUT2D eigenvalue weighted by Crippen LogP contribution is 2.07. The molecule has 0 heterocycles. The van der Waals surface area contributed by atoms with Crippen LogP contribution in [0.15, 0.2) is 24.3 Å². The largest absolute Gasteiger partial charge is 0.383 e. The third-order valence-electron chi connectivity index (χ3n) is 2.43. The van der Waals surface area contributed by atoms with E-state index in [1.54, 1.807) is 7.11 Å². The molecule has 0 saturated heterocycles. The molecule has 0 aliphatic carbocycles. The molecule has 0 amide bonds. The number of ether oxygens (including phenoxy) is 1. The third-order valence-corrected chi connectivity index (χ3v) is 2.69. The van der Waals surface area contributed by atoms with Gasteiger partial charge in [0.1, 0.15) is 0 Å². The van der Waals surface area contributed by atoms with E-state index in [0.29, 0.717) is 6.61 Å². The fraction of sp³-hybridized carbons (Fsp3) is 0.538. The van der Waals surface area contributed by atoms with E-state index < -0.39 is 0 Å². The molecular weight excluding hydrogens is 222 g/mol. The number of benzene rings is 1. The zero-order chi connectivity index (χ0) is 12.0. The first kappa shape index (κ1) is 13.5. The molecule has 1 aromatic carbocycles. The average Bonchev–Trinajstić information content (AvgIpc) is 2.21. The summed E-state index contributed by atoms with van der Waals surface area (Å²) in [6.45, 7) is 4.46. The van der Waals surface area contributed by atoms with Crippen molar-refractivity contribution in [2.75, 3.05) is 27.3 Å². The lowest BCUT2D eigenvalue weighted by atomic mass is 10.1. The first-order chi connectivity index (χ1) is 7.61. The van der Waals surface area contributed by atoms with Gasteiger partial charge in [0.15, 0.2) is 0 Å². The summed E-state index contributed by atoms with van der Waals surface area (Å²) < 4.78 is 5.01. The fourth-order valence-electron chi connectivity index (χ4n) is 1.64. The van der Waals surface area contributed by atoms with Crippen molar-refractivity contribution < 1.29 is 4.74 Å². The molecule has 3 heteroatoms. The molecule has 1 atom stereocenters. The summed E-state index contributed by atoms with van der Waals surface area (Å²) in [6, 6.07) is 8.59. The van der Waals surface area contributed by atoms with E-state index in [2.05, 4.69) is 43.1 Å². The van der Waals surface area contributed by atoms with Crippen LogP contribution >= 0.6 is 11.6 Å². The minimum absolute atomic E-state index is 0.0560. The predicted molar refractivity (Wildman–Crippen MR) is 69.0 cm³/mol. The Bertz CT molecular complexity index is 299. The van der Waals surface area contributed by atoms with Crippen LogP contribution < -0.4 is 0 Å². The molecule has 0 fully saturated rings. The van der Waals surface area contributed by atoms with Gasteiger partial charge in [-0.3, -0.25) is 0 Å². The van der Waals surface area contributed by atoms with Crippen LogP contribution in [0.3, 0.4) is 0 Å². The van der Waals surface area contributed by atoms with Crippen LogP contribution in [0.5, 0.6) is 0 Å². The highest BCUT2D eigenvalue weighted by molar-refractivity contribution is 6.20. The summed E-state index contributed by atoms with van der Waals surface area (Å²) in [5.74, 6) is 0. The van der Waals surface area contributed by atoms with Crippen molar-refractivity contribution in [3.63, 3.8) is 0 Å². The standard InChI is InChI=1S/C13H20ClNO/c1-11-4-6-12(7-5-11)8-15(2)9-13(14)10-16-3/h4-7,13H,8-10H2,1-3H3. The molecule has 0 spiro atoms. The first-order valence-corrected chi connectivity index (χ1v) is 5.92. The van der Waals surface area contributed by atoms with E-state index in [0.717, 1.165) is 13.1 Å². The third kappa shape index (κ3) is 4.97. The number of rotatable bonds is 6. The van der Waals surface area contributed by atoms with Crippen LogP contribution in [-0.4, -0.2) is 37.6 Å². The quantitative estimate of drug-likeness (QED) is 0.710. The van der Waals surface area contributed by atoms with Crippen molar-refractivity contribution in [1.82, 2.24) is 4.90 Å². The molecule has 0 aliphatic heterocycles. The van der Waals surface area contributed by atoms with Crippen molar-refractivity contribution >= 4 is 11.6 Å². The highest BCUT2D eigenvalue weighted by Gasteiger charge is 2.08. The molecule has 1 unspecified atom stereocenters. The number of hydrogen-bond acceptors (Lipinski definition) is 2. The van der Waals surface area contributed by atoms with Crippen molar-refractivity contribution in [2.24, 2.45) is 0 Å². The zero-order valence-electron chi connectivity index (χ0n) is 10.2. The molecule has 1 rings (SSSR count). The summed E-state index contributed by atoms with van der Waals surface area (Å²) in [7, 11) is 3.75. The van der Waals surface area contributed by atoms with Crippen LogP contribution in [0.2, 0.25) is 0 Å².